The Balaban J connectivity index is 2.26. The van der Waals surface area contributed by atoms with Gasteiger partial charge in [-0.2, -0.15) is 0 Å². The van der Waals surface area contributed by atoms with Crippen LogP contribution in [0.1, 0.15) is 142 Å². The fraction of sp³-hybridized carbons (Fsp3) is 0.646. The van der Waals surface area contributed by atoms with Crippen LogP contribution in [0.2, 0.25) is 0 Å². The summed E-state index contributed by atoms with van der Waals surface area (Å²) < 4.78 is 11.1. The molecular weight excluding hydrogens is 719 g/mol. The van der Waals surface area contributed by atoms with E-state index in [-0.39, 0.29) is 12.5 Å². The molecule has 0 radical (unpaired) electrons. The number of nitrogens with one attached hydrogen (secondary N) is 1. The van der Waals surface area contributed by atoms with Gasteiger partial charge in [0.2, 0.25) is 5.91 Å². The Labute approximate surface area is 345 Å². The molecule has 1 rings (SSSR count). The third kappa shape index (κ3) is 28.2. The first-order valence-corrected chi connectivity index (χ1v) is 22.0. The van der Waals surface area contributed by atoms with Gasteiger partial charge in [0.15, 0.2) is 6.29 Å². The molecule has 1 fully saturated rings. The van der Waals surface area contributed by atoms with Crippen molar-refractivity contribution in [1.29, 1.82) is 0 Å². The molecule has 6 N–H and O–H groups in total. The predicted molar refractivity (Wildman–Crippen MR) is 234 cm³/mol. The fourth-order valence-corrected chi connectivity index (χ4v) is 6.13. The SMILES string of the molecule is CC/C=C\C/C=C\C/C=C\C/C=C\C/C=C\C/C=C\C/C=C\CCCCCCCC(=O)NC(COC1OC(CO)C(O)C(O)C1O)C(O)/C=C/CCCCCCC. The summed E-state index contributed by atoms with van der Waals surface area (Å²) in [5.74, 6) is -0.207. The van der Waals surface area contributed by atoms with Gasteiger partial charge in [0.05, 0.1) is 25.4 Å². The number of rotatable bonds is 34. The number of hydrogen-bond acceptors (Lipinski definition) is 8. The van der Waals surface area contributed by atoms with Gasteiger partial charge in [-0.1, -0.05) is 156 Å². The van der Waals surface area contributed by atoms with E-state index >= 15 is 0 Å². The zero-order valence-electron chi connectivity index (χ0n) is 35.3. The molecule has 1 amide bonds. The minimum absolute atomic E-state index is 0.204. The van der Waals surface area contributed by atoms with Gasteiger partial charge in [-0.05, 0) is 77.0 Å². The quantitative estimate of drug-likeness (QED) is 0.0279. The van der Waals surface area contributed by atoms with Gasteiger partial charge in [0.1, 0.15) is 24.4 Å². The van der Waals surface area contributed by atoms with Crippen molar-refractivity contribution in [3.8, 4) is 0 Å². The zero-order valence-corrected chi connectivity index (χ0v) is 35.3. The number of carbonyl (C=O) groups is 1. The minimum Gasteiger partial charge on any atom is -0.394 e. The van der Waals surface area contributed by atoms with E-state index in [0.717, 1.165) is 103 Å². The molecule has 9 heteroatoms. The lowest BCUT2D eigenvalue weighted by molar-refractivity contribution is -0.302. The van der Waals surface area contributed by atoms with E-state index < -0.39 is 49.5 Å². The van der Waals surface area contributed by atoms with E-state index in [1.54, 1.807) is 6.08 Å². The molecule has 1 aliphatic heterocycles. The standard InChI is InChI=1S/C48H79NO8/c1-3-5-7-9-11-12-13-14-15-16-17-18-19-20-21-22-23-24-25-26-27-28-29-30-32-34-36-38-44(52)49-41(42(51)37-35-33-31-10-8-6-4-2)40-56-48-47(55)46(54)45(53)43(39-50)57-48/h5,7,11-12,14-15,17-18,20-21,23-24,26-27,35,37,41-43,45-48,50-51,53-55H,3-4,6,8-10,13,16,19,22,25,28-34,36,38-40H2,1-2H3,(H,49,52)/b7-5-,12-11-,15-14-,18-17-,21-20-,24-23-,27-26-,37-35+. The summed E-state index contributed by atoms with van der Waals surface area (Å²) in [6.45, 7) is 3.55. The number of allylic oxidation sites excluding steroid dienone is 15. The van der Waals surface area contributed by atoms with Gasteiger partial charge in [-0.25, -0.2) is 0 Å². The molecule has 0 aromatic heterocycles. The maximum Gasteiger partial charge on any atom is 0.220 e. The molecule has 0 aromatic carbocycles. The lowest BCUT2D eigenvalue weighted by Crippen LogP contribution is -2.60. The third-order valence-corrected chi connectivity index (χ3v) is 9.66. The highest BCUT2D eigenvalue weighted by Gasteiger charge is 2.44. The summed E-state index contributed by atoms with van der Waals surface area (Å²) in [4.78, 5) is 12.9. The fourth-order valence-electron chi connectivity index (χ4n) is 6.13. The molecule has 7 unspecified atom stereocenters. The van der Waals surface area contributed by atoms with Crippen molar-refractivity contribution < 1.29 is 39.8 Å². The zero-order chi connectivity index (χ0) is 41.6. The van der Waals surface area contributed by atoms with Crippen LogP contribution in [-0.2, 0) is 14.3 Å². The minimum atomic E-state index is -1.57. The lowest BCUT2D eigenvalue weighted by atomic mass is 9.99. The van der Waals surface area contributed by atoms with Gasteiger partial charge < -0.3 is 40.3 Å². The highest BCUT2D eigenvalue weighted by atomic mass is 16.7. The highest BCUT2D eigenvalue weighted by molar-refractivity contribution is 5.76. The summed E-state index contributed by atoms with van der Waals surface area (Å²) in [6, 6.07) is -0.819. The van der Waals surface area contributed by atoms with Gasteiger partial charge in [0.25, 0.3) is 0 Å². The molecule has 1 heterocycles. The second-order valence-electron chi connectivity index (χ2n) is 14.8. The molecule has 57 heavy (non-hydrogen) atoms. The Morgan fingerprint density at radius 1 is 0.614 bits per heavy atom. The number of unbranched alkanes of at least 4 members (excludes halogenated alkanes) is 10. The van der Waals surface area contributed by atoms with Crippen LogP contribution in [0.4, 0.5) is 0 Å². The average Bonchev–Trinajstić information content (AvgIpc) is 3.21. The third-order valence-electron chi connectivity index (χ3n) is 9.66. The molecule has 0 saturated carbocycles. The molecule has 1 aliphatic rings. The number of hydrogen-bond donors (Lipinski definition) is 6. The molecule has 1 saturated heterocycles. The lowest BCUT2D eigenvalue weighted by Gasteiger charge is -2.40. The van der Waals surface area contributed by atoms with Crippen molar-refractivity contribution in [3.05, 3.63) is 97.2 Å². The van der Waals surface area contributed by atoms with Crippen molar-refractivity contribution >= 4 is 5.91 Å². The van der Waals surface area contributed by atoms with E-state index in [1.807, 2.05) is 6.08 Å². The van der Waals surface area contributed by atoms with Crippen LogP contribution in [0.5, 0.6) is 0 Å². The second-order valence-corrected chi connectivity index (χ2v) is 14.8. The van der Waals surface area contributed by atoms with E-state index in [1.165, 1.54) is 19.3 Å². The summed E-state index contributed by atoms with van der Waals surface area (Å²) >= 11 is 0. The normalized spacial score (nSPS) is 22.0. The van der Waals surface area contributed by atoms with Crippen LogP contribution in [0, 0.1) is 0 Å². The molecule has 0 spiro atoms. The Morgan fingerprint density at radius 2 is 1.09 bits per heavy atom. The predicted octanol–water partition coefficient (Wildman–Crippen LogP) is 8.94. The summed E-state index contributed by atoms with van der Waals surface area (Å²) in [6.07, 6.45) is 46.2. The van der Waals surface area contributed by atoms with E-state index in [2.05, 4.69) is 104 Å². The van der Waals surface area contributed by atoms with E-state index in [0.29, 0.717) is 6.42 Å². The molecule has 324 valence electrons. The highest BCUT2D eigenvalue weighted by Crippen LogP contribution is 2.22. The number of ether oxygens (including phenoxy) is 2. The Kier molecular flexibility index (Phi) is 34.2. The smallest absolute Gasteiger partial charge is 0.220 e. The van der Waals surface area contributed by atoms with Crippen LogP contribution in [0.25, 0.3) is 0 Å². The summed E-state index contributed by atoms with van der Waals surface area (Å²) in [5, 5.41) is 53.8. The summed E-state index contributed by atoms with van der Waals surface area (Å²) in [5.41, 5.74) is 0. The van der Waals surface area contributed by atoms with Gasteiger partial charge in [-0.3, -0.25) is 4.79 Å². The topological polar surface area (TPSA) is 149 Å². The maximum absolute atomic E-state index is 12.9. The van der Waals surface area contributed by atoms with Crippen LogP contribution in [-0.4, -0.2) is 87.5 Å². The van der Waals surface area contributed by atoms with Crippen molar-refractivity contribution in [3.63, 3.8) is 0 Å². The number of carbonyl (C=O) groups excluding carboxylic acids is 1. The number of amides is 1. The van der Waals surface area contributed by atoms with Crippen molar-refractivity contribution in [2.45, 2.75) is 185 Å². The average molecular weight is 798 g/mol. The maximum atomic E-state index is 12.9. The molecular formula is C48H79NO8. The molecule has 0 aromatic rings. The van der Waals surface area contributed by atoms with Crippen LogP contribution in [0.15, 0.2) is 97.2 Å². The van der Waals surface area contributed by atoms with E-state index in [9.17, 15) is 30.3 Å². The van der Waals surface area contributed by atoms with Crippen molar-refractivity contribution in [2.24, 2.45) is 0 Å². The Hall–Kier alpha value is -2.89. The van der Waals surface area contributed by atoms with Crippen LogP contribution < -0.4 is 5.32 Å². The second kappa shape index (κ2) is 37.4. The van der Waals surface area contributed by atoms with Gasteiger partial charge >= 0.3 is 0 Å². The Bertz CT molecular complexity index is 1200. The first-order valence-electron chi connectivity index (χ1n) is 22.0. The van der Waals surface area contributed by atoms with Crippen LogP contribution >= 0.6 is 0 Å². The van der Waals surface area contributed by atoms with Crippen molar-refractivity contribution in [1.82, 2.24) is 5.32 Å². The largest absolute Gasteiger partial charge is 0.394 e. The number of aliphatic hydroxyl groups excluding tert-OH is 5. The van der Waals surface area contributed by atoms with Crippen molar-refractivity contribution in [2.75, 3.05) is 13.2 Å². The Morgan fingerprint density at radius 3 is 1.61 bits per heavy atom. The molecule has 7 atom stereocenters. The van der Waals surface area contributed by atoms with E-state index in [4.69, 9.17) is 9.47 Å². The number of aliphatic hydroxyl groups is 5. The summed E-state index contributed by atoms with van der Waals surface area (Å²) in [7, 11) is 0. The molecule has 0 bridgehead atoms. The first-order chi connectivity index (χ1) is 27.8. The van der Waals surface area contributed by atoms with Crippen LogP contribution in [0.3, 0.4) is 0 Å². The monoisotopic (exact) mass is 798 g/mol. The van der Waals surface area contributed by atoms with Gasteiger partial charge in [0, 0.05) is 6.42 Å². The van der Waals surface area contributed by atoms with Gasteiger partial charge in [-0.15, -0.1) is 0 Å². The molecule has 9 nitrogen and oxygen atoms in total. The molecule has 0 aliphatic carbocycles. The first kappa shape index (κ1) is 52.1.